The Morgan fingerprint density at radius 1 is 1.25 bits per heavy atom. The van der Waals surface area contributed by atoms with E-state index in [9.17, 15) is 9.59 Å². The Bertz CT molecular complexity index is 637. The lowest BCUT2D eigenvalue weighted by Crippen LogP contribution is -2.36. The summed E-state index contributed by atoms with van der Waals surface area (Å²) in [5.41, 5.74) is 1.70. The van der Waals surface area contributed by atoms with Crippen molar-refractivity contribution in [1.82, 2.24) is 10.2 Å². The number of nitrogens with zero attached hydrogens (tertiary/aromatic N) is 1. The van der Waals surface area contributed by atoms with E-state index in [4.69, 9.17) is 0 Å². The first-order valence-corrected chi connectivity index (χ1v) is 7.28. The van der Waals surface area contributed by atoms with Gasteiger partial charge in [-0.1, -0.05) is 24.3 Å². The van der Waals surface area contributed by atoms with Gasteiger partial charge in [0.15, 0.2) is 0 Å². The van der Waals surface area contributed by atoms with E-state index in [0.717, 1.165) is 10.4 Å². The maximum atomic E-state index is 12.1. The minimum absolute atomic E-state index is 0.0631. The molecule has 2 heterocycles. The number of benzene rings is 1. The Kier molecular flexibility index (Phi) is 3.52. The SMILES string of the molecule is O=C(CN1Cc2ccccc2C1=O)NCc1cccs1. The van der Waals surface area contributed by atoms with Crippen LogP contribution in [0.1, 0.15) is 20.8 Å². The number of hydrogen-bond acceptors (Lipinski definition) is 3. The van der Waals surface area contributed by atoms with Crippen LogP contribution in [0.2, 0.25) is 0 Å². The fourth-order valence-corrected chi connectivity index (χ4v) is 2.91. The van der Waals surface area contributed by atoms with Crippen LogP contribution < -0.4 is 5.32 Å². The van der Waals surface area contributed by atoms with E-state index in [1.54, 1.807) is 22.3 Å². The van der Waals surface area contributed by atoms with Crippen molar-refractivity contribution in [3.05, 3.63) is 57.8 Å². The van der Waals surface area contributed by atoms with Crippen LogP contribution in [0.4, 0.5) is 0 Å². The minimum Gasteiger partial charge on any atom is -0.350 e. The highest BCUT2D eigenvalue weighted by molar-refractivity contribution is 7.09. The second-order valence-electron chi connectivity index (χ2n) is 4.67. The first-order valence-electron chi connectivity index (χ1n) is 6.40. The molecule has 0 radical (unpaired) electrons. The van der Waals surface area contributed by atoms with E-state index in [1.165, 1.54) is 0 Å². The Morgan fingerprint density at radius 2 is 2.10 bits per heavy atom. The summed E-state index contributed by atoms with van der Waals surface area (Å²) in [5, 5.41) is 4.81. The molecule has 0 spiro atoms. The number of nitrogens with one attached hydrogen (secondary N) is 1. The Balaban J connectivity index is 1.57. The summed E-state index contributed by atoms with van der Waals surface area (Å²) >= 11 is 1.60. The molecule has 1 aliphatic rings. The van der Waals surface area contributed by atoms with E-state index in [0.29, 0.717) is 18.7 Å². The average molecular weight is 286 g/mol. The second-order valence-corrected chi connectivity index (χ2v) is 5.71. The molecule has 0 saturated carbocycles. The summed E-state index contributed by atoms with van der Waals surface area (Å²) in [4.78, 5) is 26.7. The van der Waals surface area contributed by atoms with E-state index in [-0.39, 0.29) is 18.4 Å². The number of rotatable bonds is 4. The van der Waals surface area contributed by atoms with Crippen molar-refractivity contribution in [3.63, 3.8) is 0 Å². The van der Waals surface area contributed by atoms with E-state index in [1.807, 2.05) is 35.7 Å². The van der Waals surface area contributed by atoms with Crippen LogP contribution in [-0.2, 0) is 17.9 Å². The van der Waals surface area contributed by atoms with Gasteiger partial charge in [-0.05, 0) is 23.1 Å². The molecule has 2 amide bonds. The quantitative estimate of drug-likeness (QED) is 0.935. The van der Waals surface area contributed by atoms with Crippen LogP contribution >= 0.6 is 11.3 Å². The van der Waals surface area contributed by atoms with Gasteiger partial charge in [-0.15, -0.1) is 11.3 Å². The molecule has 0 unspecified atom stereocenters. The van der Waals surface area contributed by atoms with Gasteiger partial charge in [0, 0.05) is 17.0 Å². The second kappa shape index (κ2) is 5.46. The standard InChI is InChI=1S/C15H14N2O2S/c18-14(16-8-12-5-3-7-20-12)10-17-9-11-4-1-2-6-13(11)15(17)19/h1-7H,8-10H2,(H,16,18). The van der Waals surface area contributed by atoms with Crippen molar-refractivity contribution in [2.24, 2.45) is 0 Å². The molecule has 0 bridgehead atoms. The average Bonchev–Trinajstić information content (AvgIpc) is 3.07. The summed E-state index contributed by atoms with van der Waals surface area (Å²) in [6.45, 7) is 1.14. The molecule has 0 aliphatic carbocycles. The molecule has 5 heteroatoms. The van der Waals surface area contributed by atoms with Crippen LogP contribution in [0.5, 0.6) is 0 Å². The molecular weight excluding hydrogens is 272 g/mol. The molecule has 0 atom stereocenters. The normalized spacial score (nSPS) is 13.4. The largest absolute Gasteiger partial charge is 0.350 e. The van der Waals surface area contributed by atoms with Crippen LogP contribution in [-0.4, -0.2) is 23.3 Å². The summed E-state index contributed by atoms with van der Waals surface area (Å²) in [6.07, 6.45) is 0. The molecular formula is C15H14N2O2S. The first kappa shape index (κ1) is 12.9. The summed E-state index contributed by atoms with van der Waals surface area (Å²) in [6, 6.07) is 11.4. The Morgan fingerprint density at radius 3 is 2.85 bits per heavy atom. The molecule has 0 fully saturated rings. The predicted octanol–water partition coefficient (Wildman–Crippen LogP) is 2.02. The van der Waals surface area contributed by atoms with E-state index in [2.05, 4.69) is 5.32 Å². The van der Waals surface area contributed by atoms with Crippen LogP contribution in [0.25, 0.3) is 0 Å². The lowest BCUT2D eigenvalue weighted by Gasteiger charge is -2.14. The minimum atomic E-state index is -0.125. The third kappa shape index (κ3) is 2.58. The summed E-state index contributed by atoms with van der Waals surface area (Å²) in [5.74, 6) is -0.188. The van der Waals surface area contributed by atoms with Gasteiger partial charge in [0.1, 0.15) is 6.54 Å². The van der Waals surface area contributed by atoms with Crippen molar-refractivity contribution < 1.29 is 9.59 Å². The smallest absolute Gasteiger partial charge is 0.254 e. The Hall–Kier alpha value is -2.14. The molecule has 1 aromatic carbocycles. The fraction of sp³-hybridized carbons (Fsp3) is 0.200. The molecule has 1 aliphatic heterocycles. The molecule has 2 aromatic rings. The van der Waals surface area contributed by atoms with Gasteiger partial charge >= 0.3 is 0 Å². The number of fused-ring (bicyclic) bond motifs is 1. The fourth-order valence-electron chi connectivity index (χ4n) is 2.27. The maximum Gasteiger partial charge on any atom is 0.254 e. The maximum absolute atomic E-state index is 12.1. The number of hydrogen-bond donors (Lipinski definition) is 1. The zero-order valence-corrected chi connectivity index (χ0v) is 11.7. The van der Waals surface area contributed by atoms with Crippen LogP contribution in [0.3, 0.4) is 0 Å². The van der Waals surface area contributed by atoms with E-state index >= 15 is 0 Å². The van der Waals surface area contributed by atoms with Gasteiger partial charge in [-0.2, -0.15) is 0 Å². The highest BCUT2D eigenvalue weighted by Crippen LogP contribution is 2.21. The zero-order chi connectivity index (χ0) is 13.9. The van der Waals surface area contributed by atoms with Gasteiger partial charge in [0.05, 0.1) is 6.54 Å². The van der Waals surface area contributed by atoms with Gasteiger partial charge in [0.2, 0.25) is 5.91 Å². The number of carbonyl (C=O) groups is 2. The van der Waals surface area contributed by atoms with Gasteiger partial charge in [-0.25, -0.2) is 0 Å². The van der Waals surface area contributed by atoms with Crippen molar-refractivity contribution in [1.29, 1.82) is 0 Å². The highest BCUT2D eigenvalue weighted by Gasteiger charge is 2.27. The third-order valence-electron chi connectivity index (χ3n) is 3.27. The number of thiophene rings is 1. The molecule has 3 rings (SSSR count). The van der Waals surface area contributed by atoms with Gasteiger partial charge < -0.3 is 10.2 Å². The number of amides is 2. The van der Waals surface area contributed by atoms with Crippen LogP contribution in [0.15, 0.2) is 41.8 Å². The van der Waals surface area contributed by atoms with Crippen molar-refractivity contribution in [2.45, 2.75) is 13.1 Å². The molecule has 102 valence electrons. The van der Waals surface area contributed by atoms with Crippen LogP contribution in [0, 0.1) is 0 Å². The third-order valence-corrected chi connectivity index (χ3v) is 4.15. The monoisotopic (exact) mass is 286 g/mol. The topological polar surface area (TPSA) is 49.4 Å². The molecule has 1 N–H and O–H groups in total. The summed E-state index contributed by atoms with van der Waals surface area (Å²) < 4.78 is 0. The predicted molar refractivity (Wildman–Crippen MR) is 77.3 cm³/mol. The lowest BCUT2D eigenvalue weighted by atomic mass is 10.1. The Labute approximate surface area is 121 Å². The zero-order valence-electron chi connectivity index (χ0n) is 10.8. The molecule has 4 nitrogen and oxygen atoms in total. The lowest BCUT2D eigenvalue weighted by molar-refractivity contribution is -0.122. The summed E-state index contributed by atoms with van der Waals surface area (Å²) in [7, 11) is 0. The van der Waals surface area contributed by atoms with E-state index < -0.39 is 0 Å². The molecule has 20 heavy (non-hydrogen) atoms. The highest BCUT2D eigenvalue weighted by atomic mass is 32.1. The number of carbonyl (C=O) groups excluding carboxylic acids is 2. The van der Waals surface area contributed by atoms with Gasteiger partial charge in [0.25, 0.3) is 5.91 Å². The van der Waals surface area contributed by atoms with Gasteiger partial charge in [-0.3, -0.25) is 9.59 Å². The van der Waals surface area contributed by atoms with Crippen molar-refractivity contribution >= 4 is 23.2 Å². The molecule has 0 saturated heterocycles. The van der Waals surface area contributed by atoms with Crippen molar-refractivity contribution in [2.75, 3.05) is 6.54 Å². The first-order chi connectivity index (χ1) is 9.74. The molecule has 1 aromatic heterocycles. The van der Waals surface area contributed by atoms with Crippen molar-refractivity contribution in [3.8, 4) is 0 Å².